The van der Waals surface area contributed by atoms with E-state index in [9.17, 15) is 5.11 Å². The molecule has 0 atom stereocenters. The van der Waals surface area contributed by atoms with Crippen molar-refractivity contribution in [3.05, 3.63) is 114 Å². The zero-order valence-electron chi connectivity index (χ0n) is 16.7. The van der Waals surface area contributed by atoms with E-state index in [1.54, 1.807) is 7.11 Å². The number of aliphatic hydroxyl groups is 1. The molecule has 0 heterocycles. The van der Waals surface area contributed by atoms with Crippen molar-refractivity contribution in [2.75, 3.05) is 7.11 Å². The maximum absolute atomic E-state index is 12.4. The topological polar surface area (TPSA) is 29.5 Å². The van der Waals surface area contributed by atoms with E-state index < -0.39 is 5.60 Å². The van der Waals surface area contributed by atoms with Crippen molar-refractivity contribution < 1.29 is 9.84 Å². The molecule has 3 aromatic rings. The zero-order valence-corrected chi connectivity index (χ0v) is 16.7. The van der Waals surface area contributed by atoms with Gasteiger partial charge in [0.05, 0.1) is 7.11 Å². The molecule has 2 heteroatoms. The highest BCUT2D eigenvalue weighted by Crippen LogP contribution is 2.43. The summed E-state index contributed by atoms with van der Waals surface area (Å²) < 4.78 is 5.43. The molecule has 3 aromatic carbocycles. The highest BCUT2D eigenvalue weighted by Gasteiger charge is 2.37. The molecule has 0 saturated heterocycles. The number of benzene rings is 3. The van der Waals surface area contributed by atoms with Crippen LogP contribution in [0, 0.1) is 0 Å². The van der Waals surface area contributed by atoms with Gasteiger partial charge < -0.3 is 9.84 Å². The zero-order chi connectivity index (χ0) is 20.3. The molecule has 0 aliphatic carbocycles. The minimum absolute atomic E-state index is 0.691. The van der Waals surface area contributed by atoms with E-state index in [1.165, 1.54) is 0 Å². The second-order valence-electron chi connectivity index (χ2n) is 7.09. The Hall–Kier alpha value is -3.10. The highest BCUT2D eigenvalue weighted by molar-refractivity contribution is 5.72. The maximum atomic E-state index is 12.4. The van der Waals surface area contributed by atoms with Gasteiger partial charge >= 0.3 is 0 Å². The second-order valence-corrected chi connectivity index (χ2v) is 7.09. The number of allylic oxidation sites excluding steroid dienone is 2. The van der Waals surface area contributed by atoms with Crippen molar-refractivity contribution in [3.63, 3.8) is 0 Å². The third-order valence-electron chi connectivity index (χ3n) is 5.04. The summed E-state index contributed by atoms with van der Waals surface area (Å²) in [7, 11) is 1.63. The Kier molecular flexibility index (Phi) is 5.53. The lowest BCUT2D eigenvalue weighted by molar-refractivity contribution is 0.125. The van der Waals surface area contributed by atoms with Crippen LogP contribution in [-0.4, -0.2) is 12.2 Å². The third kappa shape index (κ3) is 3.39. The van der Waals surface area contributed by atoms with Gasteiger partial charge in [0.25, 0.3) is 0 Å². The summed E-state index contributed by atoms with van der Waals surface area (Å²) in [5, 5.41) is 12.4. The minimum atomic E-state index is -1.39. The third-order valence-corrected chi connectivity index (χ3v) is 5.04. The van der Waals surface area contributed by atoms with Crippen molar-refractivity contribution in [3.8, 4) is 5.75 Å². The van der Waals surface area contributed by atoms with Gasteiger partial charge in [-0.1, -0.05) is 85.0 Å². The molecule has 0 bridgehead atoms. The molecular weight excluding hydrogens is 344 g/mol. The Morgan fingerprint density at radius 2 is 1.29 bits per heavy atom. The molecule has 0 spiro atoms. The monoisotopic (exact) mass is 370 g/mol. The van der Waals surface area contributed by atoms with E-state index in [0.717, 1.165) is 39.0 Å². The van der Waals surface area contributed by atoms with E-state index in [4.69, 9.17) is 4.74 Å². The van der Waals surface area contributed by atoms with Crippen LogP contribution in [0.2, 0.25) is 0 Å². The summed E-state index contributed by atoms with van der Waals surface area (Å²) in [5.74, 6) is 0.691. The lowest BCUT2D eigenvalue weighted by Crippen LogP contribution is -2.31. The van der Waals surface area contributed by atoms with Crippen molar-refractivity contribution in [1.29, 1.82) is 0 Å². The fourth-order valence-electron chi connectivity index (χ4n) is 3.65. The van der Waals surface area contributed by atoms with Crippen LogP contribution >= 0.6 is 0 Å². The summed E-state index contributed by atoms with van der Waals surface area (Å²) >= 11 is 0. The van der Waals surface area contributed by atoms with Gasteiger partial charge in [0.2, 0.25) is 0 Å². The molecule has 142 valence electrons. The van der Waals surface area contributed by atoms with Crippen LogP contribution in [-0.2, 0) is 5.60 Å². The maximum Gasteiger partial charge on any atom is 0.141 e. The molecule has 1 N–H and O–H groups in total. The Labute approximate surface area is 167 Å². The lowest BCUT2D eigenvalue weighted by atomic mass is 9.75. The van der Waals surface area contributed by atoms with Gasteiger partial charge in [0.1, 0.15) is 11.4 Å². The number of hydrogen-bond acceptors (Lipinski definition) is 2. The molecule has 0 aromatic heterocycles. The number of hydrogen-bond donors (Lipinski definition) is 1. The Morgan fingerprint density at radius 3 is 1.75 bits per heavy atom. The molecule has 28 heavy (non-hydrogen) atoms. The van der Waals surface area contributed by atoms with E-state index in [0.29, 0.717) is 5.75 Å². The van der Waals surface area contributed by atoms with Gasteiger partial charge in [-0.15, -0.1) is 0 Å². The summed E-state index contributed by atoms with van der Waals surface area (Å²) in [6, 6.07) is 23.3. The normalized spacial score (nSPS) is 11.1. The molecular formula is C26H26O2. The number of ether oxygens (including phenoxy) is 1. The first-order valence-electron chi connectivity index (χ1n) is 9.27. The van der Waals surface area contributed by atoms with E-state index in [2.05, 4.69) is 13.2 Å². The number of methoxy groups -OCH3 is 1. The van der Waals surface area contributed by atoms with Crippen LogP contribution in [0.3, 0.4) is 0 Å². The lowest BCUT2D eigenvalue weighted by Gasteiger charge is -2.34. The van der Waals surface area contributed by atoms with E-state index >= 15 is 0 Å². The van der Waals surface area contributed by atoms with Gasteiger partial charge in [-0.05, 0) is 42.7 Å². The van der Waals surface area contributed by atoms with E-state index in [-0.39, 0.29) is 0 Å². The van der Waals surface area contributed by atoms with Gasteiger partial charge in [-0.2, -0.15) is 0 Å². The average Bonchev–Trinajstić information content (AvgIpc) is 2.73. The number of rotatable bonds is 6. The van der Waals surface area contributed by atoms with Crippen LogP contribution in [0.1, 0.15) is 41.7 Å². The molecule has 0 amide bonds. The van der Waals surface area contributed by atoms with Gasteiger partial charge in [0.15, 0.2) is 0 Å². The predicted octanol–water partition coefficient (Wildman–Crippen LogP) is 6.05. The fraction of sp³-hybridized carbons (Fsp3) is 0.154. The Balaban J connectivity index is 2.43. The fourth-order valence-corrected chi connectivity index (χ4v) is 3.65. The summed E-state index contributed by atoms with van der Waals surface area (Å²) in [5.41, 5.74) is 4.53. The average molecular weight is 370 g/mol. The van der Waals surface area contributed by atoms with Crippen LogP contribution in [0.15, 0.2) is 86.0 Å². The van der Waals surface area contributed by atoms with Gasteiger partial charge in [-0.25, -0.2) is 0 Å². The summed E-state index contributed by atoms with van der Waals surface area (Å²) in [6.45, 7) is 12.2. The van der Waals surface area contributed by atoms with Crippen molar-refractivity contribution >= 4 is 11.1 Å². The second kappa shape index (κ2) is 7.87. The van der Waals surface area contributed by atoms with Crippen LogP contribution in [0.4, 0.5) is 0 Å². The standard InChI is InChI=1S/C26H26O2/c1-18(2)22-13-6-8-15-24(22)26(27,20-11-10-12-21(17-20)28-5)25-16-9-7-14-23(25)19(3)4/h6-17,27H,1,3H2,2,4-5H3. The van der Waals surface area contributed by atoms with Crippen LogP contribution in [0.25, 0.3) is 11.1 Å². The molecule has 0 aliphatic rings. The molecule has 0 unspecified atom stereocenters. The molecule has 0 saturated carbocycles. The van der Waals surface area contributed by atoms with Gasteiger partial charge in [0, 0.05) is 11.1 Å². The largest absolute Gasteiger partial charge is 0.497 e. The minimum Gasteiger partial charge on any atom is -0.497 e. The molecule has 0 aliphatic heterocycles. The molecule has 3 rings (SSSR count). The predicted molar refractivity (Wildman–Crippen MR) is 117 cm³/mol. The summed E-state index contributed by atoms with van der Waals surface area (Å²) in [6.07, 6.45) is 0. The van der Waals surface area contributed by atoms with Crippen LogP contribution < -0.4 is 4.74 Å². The highest BCUT2D eigenvalue weighted by atomic mass is 16.5. The molecule has 0 radical (unpaired) electrons. The van der Waals surface area contributed by atoms with Gasteiger partial charge in [-0.3, -0.25) is 0 Å². The Bertz CT molecular complexity index is 972. The van der Waals surface area contributed by atoms with Crippen molar-refractivity contribution in [1.82, 2.24) is 0 Å². The van der Waals surface area contributed by atoms with Crippen LogP contribution in [0.5, 0.6) is 5.75 Å². The first kappa shape index (κ1) is 19.7. The molecule has 0 fully saturated rings. The van der Waals surface area contributed by atoms with Crippen molar-refractivity contribution in [2.45, 2.75) is 19.4 Å². The van der Waals surface area contributed by atoms with Crippen molar-refractivity contribution in [2.24, 2.45) is 0 Å². The summed E-state index contributed by atoms with van der Waals surface area (Å²) in [4.78, 5) is 0. The molecule has 2 nitrogen and oxygen atoms in total. The first-order valence-corrected chi connectivity index (χ1v) is 9.27. The Morgan fingerprint density at radius 1 is 0.786 bits per heavy atom. The van der Waals surface area contributed by atoms with E-state index in [1.807, 2.05) is 86.6 Å². The SMILES string of the molecule is C=C(C)c1ccccc1C(O)(c1cccc(OC)c1)c1ccccc1C(=C)C. The quantitative estimate of drug-likeness (QED) is 0.536. The smallest absolute Gasteiger partial charge is 0.141 e. The first-order chi connectivity index (χ1) is 13.4.